The van der Waals surface area contributed by atoms with Gasteiger partial charge >= 0.3 is 0 Å². The maximum Gasteiger partial charge on any atom is 0.0622 e. The van der Waals surface area contributed by atoms with Crippen LogP contribution in [0.15, 0.2) is 36.5 Å². The van der Waals surface area contributed by atoms with Crippen molar-refractivity contribution in [3.05, 3.63) is 42.2 Å². The number of pyridine rings is 1. The molecule has 3 rings (SSSR count). The molecule has 0 radical (unpaired) electrons. The number of fused-ring (bicyclic) bond motifs is 1. The lowest BCUT2D eigenvalue weighted by Crippen LogP contribution is -2.28. The average Bonchev–Trinajstić information content (AvgIpc) is 2.68. The molecule has 1 aromatic heterocycles. The maximum atomic E-state index is 4.57. The van der Waals surface area contributed by atoms with Gasteiger partial charge in [-0.15, -0.1) is 0 Å². The van der Waals surface area contributed by atoms with Crippen molar-refractivity contribution in [2.75, 3.05) is 26.2 Å². The highest BCUT2D eigenvalue weighted by Crippen LogP contribution is 2.17. The van der Waals surface area contributed by atoms with Crippen molar-refractivity contribution >= 4 is 10.8 Å². The first kappa shape index (κ1) is 11.6. The van der Waals surface area contributed by atoms with E-state index < -0.39 is 0 Å². The summed E-state index contributed by atoms with van der Waals surface area (Å²) in [6.07, 6.45) is 3.15. The fourth-order valence-corrected chi connectivity index (χ4v) is 2.58. The van der Waals surface area contributed by atoms with Crippen LogP contribution < -0.4 is 5.32 Å². The lowest BCUT2D eigenvalue weighted by molar-refractivity contribution is 0.282. The van der Waals surface area contributed by atoms with E-state index in [0.717, 1.165) is 32.7 Å². The molecule has 1 saturated heterocycles. The Bertz CT molecular complexity index is 511. The first-order valence-electron chi connectivity index (χ1n) is 6.69. The molecule has 2 aromatic rings. The van der Waals surface area contributed by atoms with Crippen LogP contribution >= 0.6 is 0 Å². The highest BCUT2D eigenvalue weighted by atomic mass is 15.2. The predicted molar refractivity (Wildman–Crippen MR) is 74.5 cm³/mol. The Hall–Kier alpha value is -1.45. The Labute approximate surface area is 108 Å². The second-order valence-electron chi connectivity index (χ2n) is 4.86. The molecule has 1 fully saturated rings. The molecule has 0 atom stereocenters. The third kappa shape index (κ3) is 2.52. The largest absolute Gasteiger partial charge is 0.315 e. The number of nitrogens with zero attached hydrogens (tertiary/aromatic N) is 2. The van der Waals surface area contributed by atoms with Gasteiger partial charge in [0.05, 0.1) is 5.69 Å². The lowest BCUT2D eigenvalue weighted by atomic mass is 10.1. The van der Waals surface area contributed by atoms with Gasteiger partial charge in [0.25, 0.3) is 0 Å². The van der Waals surface area contributed by atoms with E-state index in [1.807, 2.05) is 6.20 Å². The molecular weight excluding hydrogens is 222 g/mol. The Morgan fingerprint density at radius 3 is 3.06 bits per heavy atom. The third-order valence-corrected chi connectivity index (χ3v) is 3.56. The summed E-state index contributed by atoms with van der Waals surface area (Å²) in [5.41, 5.74) is 1.20. The molecule has 0 saturated carbocycles. The summed E-state index contributed by atoms with van der Waals surface area (Å²) in [5.74, 6) is 0. The fourth-order valence-electron chi connectivity index (χ4n) is 2.58. The van der Waals surface area contributed by atoms with Gasteiger partial charge in [-0.3, -0.25) is 9.88 Å². The van der Waals surface area contributed by atoms with Crippen molar-refractivity contribution in [2.45, 2.75) is 13.0 Å². The van der Waals surface area contributed by atoms with Crippen LogP contribution in [0.4, 0.5) is 0 Å². The van der Waals surface area contributed by atoms with Crippen LogP contribution in [0.1, 0.15) is 12.1 Å². The molecule has 0 amide bonds. The molecule has 18 heavy (non-hydrogen) atoms. The molecule has 0 bridgehead atoms. The van der Waals surface area contributed by atoms with Crippen LogP contribution in [0.3, 0.4) is 0 Å². The number of benzene rings is 1. The van der Waals surface area contributed by atoms with Crippen molar-refractivity contribution in [3.63, 3.8) is 0 Å². The third-order valence-electron chi connectivity index (χ3n) is 3.56. The van der Waals surface area contributed by atoms with Gasteiger partial charge in [-0.2, -0.15) is 0 Å². The van der Waals surface area contributed by atoms with Crippen LogP contribution in [0.2, 0.25) is 0 Å². The fraction of sp³-hybridized carbons (Fsp3) is 0.400. The van der Waals surface area contributed by atoms with E-state index in [0.29, 0.717) is 0 Å². The van der Waals surface area contributed by atoms with Gasteiger partial charge in [-0.25, -0.2) is 0 Å². The quantitative estimate of drug-likeness (QED) is 0.872. The van der Waals surface area contributed by atoms with E-state index in [-0.39, 0.29) is 0 Å². The maximum absolute atomic E-state index is 4.57. The lowest BCUT2D eigenvalue weighted by Gasteiger charge is -2.19. The summed E-state index contributed by atoms with van der Waals surface area (Å²) in [5, 5.41) is 6.01. The van der Waals surface area contributed by atoms with Crippen LogP contribution in [0.25, 0.3) is 10.8 Å². The SMILES string of the molecule is c1ccc2c(CN3CCCNCC3)nccc2c1. The topological polar surface area (TPSA) is 28.2 Å². The summed E-state index contributed by atoms with van der Waals surface area (Å²) in [6, 6.07) is 10.6. The number of nitrogens with one attached hydrogen (secondary N) is 1. The molecule has 1 aromatic carbocycles. The van der Waals surface area contributed by atoms with E-state index in [4.69, 9.17) is 0 Å². The molecule has 1 aliphatic rings. The van der Waals surface area contributed by atoms with Crippen LogP contribution in [-0.2, 0) is 6.54 Å². The molecule has 0 aliphatic carbocycles. The zero-order valence-corrected chi connectivity index (χ0v) is 10.6. The van der Waals surface area contributed by atoms with Crippen LogP contribution in [0, 0.1) is 0 Å². The molecule has 0 spiro atoms. The monoisotopic (exact) mass is 241 g/mol. The summed E-state index contributed by atoms with van der Waals surface area (Å²) < 4.78 is 0. The second kappa shape index (κ2) is 5.46. The Morgan fingerprint density at radius 2 is 2.06 bits per heavy atom. The van der Waals surface area contributed by atoms with Crippen molar-refractivity contribution in [1.82, 2.24) is 15.2 Å². The number of rotatable bonds is 2. The van der Waals surface area contributed by atoms with Crippen molar-refractivity contribution in [1.29, 1.82) is 0 Å². The van der Waals surface area contributed by atoms with E-state index in [9.17, 15) is 0 Å². The standard InChI is InChI=1S/C15H19N3/c1-2-5-14-13(4-1)6-8-17-15(14)12-18-10-3-7-16-9-11-18/h1-2,4-6,8,16H,3,7,9-12H2. The predicted octanol–water partition coefficient (Wildman–Crippen LogP) is 2.03. The van der Waals surface area contributed by atoms with Gasteiger partial charge in [-0.1, -0.05) is 24.3 Å². The number of hydrogen-bond donors (Lipinski definition) is 1. The van der Waals surface area contributed by atoms with Crippen LogP contribution in [0.5, 0.6) is 0 Å². The molecule has 94 valence electrons. The minimum atomic E-state index is 0.961. The van der Waals surface area contributed by atoms with E-state index in [1.165, 1.54) is 22.9 Å². The minimum absolute atomic E-state index is 0.961. The summed E-state index contributed by atoms with van der Waals surface area (Å²) >= 11 is 0. The van der Waals surface area contributed by atoms with Gasteiger partial charge in [0.1, 0.15) is 0 Å². The van der Waals surface area contributed by atoms with E-state index >= 15 is 0 Å². The van der Waals surface area contributed by atoms with Gasteiger partial charge in [0, 0.05) is 31.2 Å². The minimum Gasteiger partial charge on any atom is -0.315 e. The van der Waals surface area contributed by atoms with Crippen molar-refractivity contribution in [2.24, 2.45) is 0 Å². The van der Waals surface area contributed by atoms with Crippen LogP contribution in [-0.4, -0.2) is 36.1 Å². The average molecular weight is 241 g/mol. The Balaban J connectivity index is 1.85. The molecule has 0 unspecified atom stereocenters. The molecule has 3 heteroatoms. The molecule has 1 aliphatic heterocycles. The molecular formula is C15H19N3. The summed E-state index contributed by atoms with van der Waals surface area (Å²) in [4.78, 5) is 7.06. The zero-order valence-electron chi connectivity index (χ0n) is 10.6. The zero-order chi connectivity index (χ0) is 12.2. The van der Waals surface area contributed by atoms with Gasteiger partial charge in [0.2, 0.25) is 0 Å². The molecule has 3 nitrogen and oxygen atoms in total. The highest BCUT2D eigenvalue weighted by Gasteiger charge is 2.11. The van der Waals surface area contributed by atoms with Gasteiger partial charge in [0.15, 0.2) is 0 Å². The van der Waals surface area contributed by atoms with E-state index in [2.05, 4.69) is 45.5 Å². The number of aromatic nitrogens is 1. The normalized spacial score (nSPS) is 17.8. The smallest absolute Gasteiger partial charge is 0.0622 e. The molecule has 2 heterocycles. The van der Waals surface area contributed by atoms with Crippen molar-refractivity contribution in [3.8, 4) is 0 Å². The Morgan fingerprint density at radius 1 is 1.11 bits per heavy atom. The Kier molecular flexibility index (Phi) is 3.53. The van der Waals surface area contributed by atoms with Gasteiger partial charge < -0.3 is 5.32 Å². The summed E-state index contributed by atoms with van der Waals surface area (Å²) in [7, 11) is 0. The first-order valence-corrected chi connectivity index (χ1v) is 6.69. The van der Waals surface area contributed by atoms with Gasteiger partial charge in [-0.05, 0) is 31.0 Å². The van der Waals surface area contributed by atoms with Crippen molar-refractivity contribution < 1.29 is 0 Å². The summed E-state index contributed by atoms with van der Waals surface area (Å²) in [6.45, 7) is 5.47. The molecule has 1 N–H and O–H groups in total. The first-order chi connectivity index (χ1) is 8.93. The second-order valence-corrected chi connectivity index (χ2v) is 4.86. The van der Waals surface area contributed by atoms with E-state index in [1.54, 1.807) is 0 Å². The highest BCUT2D eigenvalue weighted by molar-refractivity contribution is 5.84. The number of hydrogen-bond acceptors (Lipinski definition) is 3.